The van der Waals surface area contributed by atoms with Gasteiger partial charge in [0.1, 0.15) is 5.82 Å². The molecule has 2 aromatic rings. The van der Waals surface area contributed by atoms with Gasteiger partial charge < -0.3 is 0 Å². The summed E-state index contributed by atoms with van der Waals surface area (Å²) in [6.07, 6.45) is 3.67. The molecule has 2 amide bonds. The molecule has 6 heteroatoms. The third kappa shape index (κ3) is 3.11. The number of aromatic nitrogens is 1. The molecule has 5 nitrogen and oxygen atoms in total. The smallest absolute Gasteiger partial charge is 0.271 e. The first kappa shape index (κ1) is 14.2. The minimum absolute atomic E-state index is 0.0795. The third-order valence-corrected chi connectivity index (χ3v) is 3.65. The maximum atomic E-state index is 12.9. The number of carbonyl (C=O) groups excluding carboxylic acids is 2. The predicted molar refractivity (Wildman–Crippen MR) is 77.1 cm³/mol. The monoisotopic (exact) mass is 299 g/mol. The van der Waals surface area contributed by atoms with Gasteiger partial charge in [0, 0.05) is 18.3 Å². The van der Waals surface area contributed by atoms with Gasteiger partial charge in [0.2, 0.25) is 5.91 Å². The van der Waals surface area contributed by atoms with Crippen LogP contribution in [0.4, 0.5) is 4.39 Å². The van der Waals surface area contributed by atoms with E-state index in [9.17, 15) is 14.0 Å². The molecule has 22 heavy (non-hydrogen) atoms. The van der Waals surface area contributed by atoms with Crippen molar-refractivity contribution in [1.82, 2.24) is 15.8 Å². The van der Waals surface area contributed by atoms with Crippen molar-refractivity contribution in [2.24, 2.45) is 5.92 Å². The van der Waals surface area contributed by atoms with E-state index in [0.29, 0.717) is 12.0 Å². The van der Waals surface area contributed by atoms with Gasteiger partial charge in [-0.1, -0.05) is 12.1 Å². The molecule has 0 saturated heterocycles. The van der Waals surface area contributed by atoms with Gasteiger partial charge in [-0.2, -0.15) is 0 Å². The highest BCUT2D eigenvalue weighted by atomic mass is 19.1. The van der Waals surface area contributed by atoms with Gasteiger partial charge in [0.15, 0.2) is 0 Å². The van der Waals surface area contributed by atoms with Crippen molar-refractivity contribution in [2.75, 3.05) is 0 Å². The predicted octanol–water partition coefficient (Wildman–Crippen LogP) is 1.79. The summed E-state index contributed by atoms with van der Waals surface area (Å²) in [7, 11) is 0. The zero-order valence-electron chi connectivity index (χ0n) is 11.6. The van der Waals surface area contributed by atoms with E-state index in [2.05, 4.69) is 15.8 Å². The molecule has 1 aliphatic rings. The van der Waals surface area contributed by atoms with E-state index >= 15 is 0 Å². The number of rotatable bonds is 3. The van der Waals surface area contributed by atoms with Crippen molar-refractivity contribution >= 4 is 11.8 Å². The maximum Gasteiger partial charge on any atom is 0.271 e. The zero-order valence-corrected chi connectivity index (χ0v) is 11.6. The van der Waals surface area contributed by atoms with Crippen LogP contribution in [0.25, 0.3) is 0 Å². The molecule has 0 spiro atoms. The van der Waals surface area contributed by atoms with Gasteiger partial charge in [-0.3, -0.25) is 25.4 Å². The third-order valence-electron chi connectivity index (χ3n) is 3.65. The van der Waals surface area contributed by atoms with Crippen LogP contribution in [0.2, 0.25) is 0 Å². The second-order valence-electron chi connectivity index (χ2n) is 5.19. The first-order chi connectivity index (χ1) is 10.6. The van der Waals surface area contributed by atoms with Crippen LogP contribution in [0.5, 0.6) is 0 Å². The number of hydrogen-bond donors (Lipinski definition) is 2. The second-order valence-corrected chi connectivity index (χ2v) is 5.19. The first-order valence-electron chi connectivity index (χ1n) is 6.91. The van der Waals surface area contributed by atoms with Gasteiger partial charge in [-0.25, -0.2) is 4.39 Å². The van der Waals surface area contributed by atoms with E-state index in [0.717, 1.165) is 5.56 Å². The average Bonchev–Trinajstić information content (AvgIpc) is 3.34. The summed E-state index contributed by atoms with van der Waals surface area (Å²) in [4.78, 5) is 27.6. The second kappa shape index (κ2) is 5.93. The highest BCUT2D eigenvalue weighted by molar-refractivity contribution is 5.95. The number of hydrogen-bond acceptors (Lipinski definition) is 3. The van der Waals surface area contributed by atoms with Crippen LogP contribution >= 0.6 is 0 Å². The molecule has 3 rings (SSSR count). The first-order valence-corrected chi connectivity index (χ1v) is 6.91. The Balaban J connectivity index is 1.52. The fourth-order valence-corrected chi connectivity index (χ4v) is 2.34. The standard InChI is InChI=1S/C16H14FN3O2/c17-12-5-3-10(4-6-12)13-8-14(13)16(22)20-19-15(21)11-2-1-7-18-9-11/h1-7,9,13-14H,8H2,(H,19,21)(H,20,22). The Hall–Kier alpha value is -2.76. The summed E-state index contributed by atoms with van der Waals surface area (Å²) < 4.78 is 12.9. The number of hydrazine groups is 1. The lowest BCUT2D eigenvalue weighted by Crippen LogP contribution is -2.42. The SMILES string of the molecule is O=C(NNC(=O)C1CC1c1ccc(F)cc1)c1cccnc1. The average molecular weight is 299 g/mol. The lowest BCUT2D eigenvalue weighted by molar-refractivity contribution is -0.123. The van der Waals surface area contributed by atoms with Crippen molar-refractivity contribution in [1.29, 1.82) is 0 Å². The van der Waals surface area contributed by atoms with E-state index in [4.69, 9.17) is 0 Å². The summed E-state index contributed by atoms with van der Waals surface area (Å²) >= 11 is 0. The Kier molecular flexibility index (Phi) is 3.82. The Morgan fingerprint density at radius 3 is 2.59 bits per heavy atom. The summed E-state index contributed by atoms with van der Waals surface area (Å²) in [5.41, 5.74) is 6.08. The number of nitrogens with one attached hydrogen (secondary N) is 2. The minimum atomic E-state index is -0.416. The molecule has 1 aromatic carbocycles. The van der Waals surface area contributed by atoms with Crippen molar-refractivity contribution in [3.05, 3.63) is 65.7 Å². The molecule has 0 aliphatic heterocycles. The lowest BCUT2D eigenvalue weighted by atomic mass is 10.1. The highest BCUT2D eigenvalue weighted by Crippen LogP contribution is 2.47. The molecule has 112 valence electrons. The van der Waals surface area contributed by atoms with Gasteiger partial charge in [-0.05, 0) is 42.2 Å². The normalized spacial score (nSPS) is 19.3. The van der Waals surface area contributed by atoms with E-state index in [1.807, 2.05) is 0 Å². The molecular weight excluding hydrogens is 285 g/mol. The van der Waals surface area contributed by atoms with Crippen LogP contribution in [-0.4, -0.2) is 16.8 Å². The van der Waals surface area contributed by atoms with E-state index < -0.39 is 5.91 Å². The topological polar surface area (TPSA) is 71.1 Å². The van der Waals surface area contributed by atoms with Gasteiger partial charge in [-0.15, -0.1) is 0 Å². The molecule has 2 atom stereocenters. The molecule has 1 heterocycles. The van der Waals surface area contributed by atoms with E-state index in [1.54, 1.807) is 30.5 Å². The van der Waals surface area contributed by atoms with Crippen LogP contribution in [0.3, 0.4) is 0 Å². The van der Waals surface area contributed by atoms with Crippen LogP contribution in [0.1, 0.15) is 28.3 Å². The molecule has 1 saturated carbocycles. The number of amides is 2. The Morgan fingerprint density at radius 1 is 1.14 bits per heavy atom. The summed E-state index contributed by atoms with van der Waals surface area (Å²) in [5.74, 6) is -1.07. The van der Waals surface area contributed by atoms with Crippen LogP contribution in [0, 0.1) is 11.7 Å². The molecule has 1 fully saturated rings. The number of benzene rings is 1. The van der Waals surface area contributed by atoms with Gasteiger partial charge in [0.05, 0.1) is 5.56 Å². The fourth-order valence-electron chi connectivity index (χ4n) is 2.34. The number of pyridine rings is 1. The van der Waals surface area contributed by atoms with E-state index in [-0.39, 0.29) is 23.6 Å². The van der Waals surface area contributed by atoms with Crippen molar-refractivity contribution in [3.63, 3.8) is 0 Å². The summed E-state index contributed by atoms with van der Waals surface area (Å²) in [6, 6.07) is 9.37. The van der Waals surface area contributed by atoms with Crippen LogP contribution < -0.4 is 10.9 Å². The highest BCUT2D eigenvalue weighted by Gasteiger charge is 2.44. The Bertz CT molecular complexity index is 688. The van der Waals surface area contributed by atoms with Crippen molar-refractivity contribution < 1.29 is 14.0 Å². The largest absolute Gasteiger partial charge is 0.273 e. The van der Waals surface area contributed by atoms with Crippen LogP contribution in [-0.2, 0) is 4.79 Å². The quantitative estimate of drug-likeness (QED) is 0.849. The summed E-state index contributed by atoms with van der Waals surface area (Å²) in [6.45, 7) is 0. The molecule has 0 radical (unpaired) electrons. The van der Waals surface area contributed by atoms with Crippen molar-refractivity contribution in [3.8, 4) is 0 Å². The number of nitrogens with zero attached hydrogens (tertiary/aromatic N) is 1. The molecular formula is C16H14FN3O2. The maximum absolute atomic E-state index is 12.9. The van der Waals surface area contributed by atoms with E-state index in [1.165, 1.54) is 18.3 Å². The van der Waals surface area contributed by atoms with Crippen molar-refractivity contribution in [2.45, 2.75) is 12.3 Å². The summed E-state index contributed by atoms with van der Waals surface area (Å²) in [5, 5.41) is 0. The molecule has 2 unspecified atom stereocenters. The Morgan fingerprint density at radius 2 is 1.91 bits per heavy atom. The zero-order chi connectivity index (χ0) is 15.5. The molecule has 0 bridgehead atoms. The molecule has 2 N–H and O–H groups in total. The van der Waals surface area contributed by atoms with Crippen LogP contribution in [0.15, 0.2) is 48.8 Å². The van der Waals surface area contributed by atoms with Gasteiger partial charge in [0.25, 0.3) is 5.91 Å². The Labute approximate surface area is 126 Å². The molecule has 1 aliphatic carbocycles. The molecule has 1 aromatic heterocycles. The number of halogens is 1. The lowest BCUT2D eigenvalue weighted by Gasteiger charge is -2.07. The number of carbonyl (C=O) groups is 2. The fraction of sp³-hybridized carbons (Fsp3) is 0.188. The minimum Gasteiger partial charge on any atom is -0.273 e. The van der Waals surface area contributed by atoms with Gasteiger partial charge >= 0.3 is 0 Å².